The molecule has 0 radical (unpaired) electrons. The highest BCUT2D eigenvalue weighted by molar-refractivity contribution is 5.24. The molecule has 1 aromatic carbocycles. The first kappa shape index (κ1) is 18.4. The number of rotatable bonds is 8. The minimum atomic E-state index is 0. The highest BCUT2D eigenvalue weighted by Gasteiger charge is 1.99. The molecular weight excluding hydrogens is 258 g/mol. The number of benzene rings is 1. The molecule has 0 heterocycles. The Kier molecular flexibility index (Phi) is 9.94. The summed E-state index contributed by atoms with van der Waals surface area (Å²) in [5, 5.41) is 3.44. The van der Waals surface area contributed by atoms with E-state index in [1.54, 1.807) is 0 Å². The van der Waals surface area contributed by atoms with E-state index in [9.17, 15) is 0 Å². The van der Waals surface area contributed by atoms with E-state index in [-0.39, 0.29) is 12.4 Å². The first-order chi connectivity index (χ1) is 8.59. The molecule has 1 rings (SSSR count). The molecule has 0 unspecified atom stereocenters. The van der Waals surface area contributed by atoms with Crippen LogP contribution in [0.1, 0.15) is 51.2 Å². The maximum Gasteiger partial charge on any atom is 0.0518 e. The van der Waals surface area contributed by atoms with E-state index in [2.05, 4.69) is 57.3 Å². The van der Waals surface area contributed by atoms with Crippen LogP contribution in [-0.4, -0.2) is 19.3 Å². The monoisotopic (exact) mass is 284 g/mol. The topological polar surface area (TPSA) is 21.3 Å². The number of hydrogen-bond donors (Lipinski definition) is 1. The second-order valence-corrected chi connectivity index (χ2v) is 5.35. The maximum absolute atomic E-state index is 5.50. The highest BCUT2D eigenvalue weighted by atomic mass is 35.5. The quantitative estimate of drug-likeness (QED) is 0.711. The Balaban J connectivity index is 0.00000324. The summed E-state index contributed by atoms with van der Waals surface area (Å²) >= 11 is 0. The Bertz CT molecular complexity index is 322. The van der Waals surface area contributed by atoms with Crippen LogP contribution in [0.2, 0.25) is 0 Å². The smallest absolute Gasteiger partial charge is 0.0518 e. The lowest BCUT2D eigenvalue weighted by atomic mass is 10.0. The van der Waals surface area contributed by atoms with Gasteiger partial charge in [-0.15, -0.1) is 0 Å². The lowest BCUT2D eigenvalue weighted by Crippen LogP contribution is -3.00. The van der Waals surface area contributed by atoms with Crippen molar-refractivity contribution in [3.8, 4) is 0 Å². The van der Waals surface area contributed by atoms with Crippen molar-refractivity contribution in [1.82, 2.24) is 5.32 Å². The fraction of sp³-hybridized carbons (Fsp3) is 0.625. The zero-order valence-electron chi connectivity index (χ0n) is 12.6. The summed E-state index contributed by atoms with van der Waals surface area (Å²) in [6.45, 7) is 11.4. The molecule has 0 saturated carbocycles. The Labute approximate surface area is 124 Å². The van der Waals surface area contributed by atoms with E-state index in [1.807, 2.05) is 0 Å². The SMILES string of the molecule is CC(C)OCCCNCc1ccc(C(C)C)cc1.[Cl-]. The Morgan fingerprint density at radius 1 is 1.05 bits per heavy atom. The summed E-state index contributed by atoms with van der Waals surface area (Å²) in [7, 11) is 0. The molecule has 19 heavy (non-hydrogen) atoms. The third kappa shape index (κ3) is 8.25. The molecule has 0 aliphatic carbocycles. The third-order valence-electron chi connectivity index (χ3n) is 2.92. The van der Waals surface area contributed by atoms with Gasteiger partial charge in [-0.3, -0.25) is 0 Å². The van der Waals surface area contributed by atoms with E-state index in [4.69, 9.17) is 4.74 Å². The van der Waals surface area contributed by atoms with Crippen LogP contribution in [0.25, 0.3) is 0 Å². The summed E-state index contributed by atoms with van der Waals surface area (Å²) in [4.78, 5) is 0. The van der Waals surface area contributed by atoms with Gasteiger partial charge in [0.15, 0.2) is 0 Å². The number of hydrogen-bond acceptors (Lipinski definition) is 2. The minimum Gasteiger partial charge on any atom is -1.00 e. The Hall–Kier alpha value is -0.570. The molecule has 0 atom stereocenters. The van der Waals surface area contributed by atoms with Crippen LogP contribution in [0.5, 0.6) is 0 Å². The standard InChI is InChI=1S/C16H27NO.ClH/c1-13(2)16-8-6-15(7-9-16)12-17-10-5-11-18-14(3)4;/h6-9,13-14,17H,5,10-12H2,1-4H3;1H/p-1. The van der Waals surface area contributed by atoms with Crippen molar-refractivity contribution in [2.75, 3.05) is 13.2 Å². The first-order valence-electron chi connectivity index (χ1n) is 7.00. The first-order valence-corrected chi connectivity index (χ1v) is 7.00. The molecule has 110 valence electrons. The molecule has 0 aliphatic heterocycles. The Morgan fingerprint density at radius 3 is 2.21 bits per heavy atom. The lowest BCUT2D eigenvalue weighted by Gasteiger charge is -2.09. The number of nitrogens with one attached hydrogen (secondary N) is 1. The van der Waals surface area contributed by atoms with Crippen molar-refractivity contribution in [2.24, 2.45) is 0 Å². The van der Waals surface area contributed by atoms with Gasteiger partial charge in [-0.2, -0.15) is 0 Å². The summed E-state index contributed by atoms with van der Waals surface area (Å²) in [6, 6.07) is 8.88. The highest BCUT2D eigenvalue weighted by Crippen LogP contribution is 2.14. The second-order valence-electron chi connectivity index (χ2n) is 5.35. The Morgan fingerprint density at radius 2 is 1.68 bits per heavy atom. The van der Waals surface area contributed by atoms with Crippen molar-refractivity contribution in [3.05, 3.63) is 35.4 Å². The molecule has 1 aromatic rings. The molecule has 0 aliphatic rings. The molecule has 0 amide bonds. The fourth-order valence-corrected chi connectivity index (χ4v) is 1.77. The fourth-order valence-electron chi connectivity index (χ4n) is 1.77. The van der Waals surface area contributed by atoms with Crippen LogP contribution >= 0.6 is 0 Å². The largest absolute Gasteiger partial charge is 1.00 e. The van der Waals surface area contributed by atoms with Gasteiger partial charge in [-0.25, -0.2) is 0 Å². The van der Waals surface area contributed by atoms with Gasteiger partial charge in [-0.05, 0) is 43.9 Å². The van der Waals surface area contributed by atoms with Gasteiger partial charge in [0.1, 0.15) is 0 Å². The van der Waals surface area contributed by atoms with Crippen molar-refractivity contribution >= 4 is 0 Å². The van der Waals surface area contributed by atoms with Crippen molar-refractivity contribution < 1.29 is 17.1 Å². The van der Waals surface area contributed by atoms with E-state index < -0.39 is 0 Å². The van der Waals surface area contributed by atoms with Crippen LogP contribution in [0.3, 0.4) is 0 Å². The van der Waals surface area contributed by atoms with Gasteiger partial charge in [-0.1, -0.05) is 38.1 Å². The summed E-state index contributed by atoms with van der Waals surface area (Å²) in [6.07, 6.45) is 1.41. The minimum absolute atomic E-state index is 0. The van der Waals surface area contributed by atoms with Gasteiger partial charge < -0.3 is 22.5 Å². The number of halogens is 1. The van der Waals surface area contributed by atoms with Crippen LogP contribution in [0, 0.1) is 0 Å². The van der Waals surface area contributed by atoms with E-state index in [0.29, 0.717) is 12.0 Å². The molecular formula is C16H27ClNO-. The van der Waals surface area contributed by atoms with E-state index in [0.717, 1.165) is 26.1 Å². The van der Waals surface area contributed by atoms with Gasteiger partial charge in [0.25, 0.3) is 0 Å². The van der Waals surface area contributed by atoms with E-state index >= 15 is 0 Å². The van der Waals surface area contributed by atoms with Crippen LogP contribution in [0.4, 0.5) is 0 Å². The zero-order valence-corrected chi connectivity index (χ0v) is 13.3. The van der Waals surface area contributed by atoms with Crippen LogP contribution in [-0.2, 0) is 11.3 Å². The molecule has 3 heteroatoms. The molecule has 0 fully saturated rings. The van der Waals surface area contributed by atoms with Crippen molar-refractivity contribution in [3.63, 3.8) is 0 Å². The van der Waals surface area contributed by atoms with Gasteiger partial charge in [0.2, 0.25) is 0 Å². The predicted molar refractivity (Wildman–Crippen MR) is 77.9 cm³/mol. The average molecular weight is 285 g/mol. The molecule has 0 aromatic heterocycles. The summed E-state index contributed by atoms with van der Waals surface area (Å²) in [5.41, 5.74) is 2.76. The molecule has 0 bridgehead atoms. The van der Waals surface area contributed by atoms with Gasteiger partial charge in [0.05, 0.1) is 6.10 Å². The second kappa shape index (κ2) is 10.2. The van der Waals surface area contributed by atoms with Gasteiger partial charge >= 0.3 is 0 Å². The zero-order chi connectivity index (χ0) is 13.4. The molecule has 0 saturated heterocycles. The van der Waals surface area contributed by atoms with E-state index in [1.165, 1.54) is 11.1 Å². The maximum atomic E-state index is 5.50. The molecule has 2 nitrogen and oxygen atoms in total. The average Bonchev–Trinajstić information content (AvgIpc) is 2.34. The number of ether oxygens (including phenoxy) is 1. The third-order valence-corrected chi connectivity index (χ3v) is 2.92. The van der Waals surface area contributed by atoms with Crippen LogP contribution in [0.15, 0.2) is 24.3 Å². The van der Waals surface area contributed by atoms with Crippen molar-refractivity contribution in [1.29, 1.82) is 0 Å². The van der Waals surface area contributed by atoms with Crippen LogP contribution < -0.4 is 17.7 Å². The normalized spacial score (nSPS) is 10.8. The summed E-state index contributed by atoms with van der Waals surface area (Å²) in [5.74, 6) is 0.611. The van der Waals surface area contributed by atoms with Crippen molar-refractivity contribution in [2.45, 2.75) is 52.7 Å². The molecule has 0 spiro atoms. The molecule has 1 N–H and O–H groups in total. The van der Waals surface area contributed by atoms with Gasteiger partial charge in [0, 0.05) is 13.2 Å². The summed E-state index contributed by atoms with van der Waals surface area (Å²) < 4.78 is 5.50. The predicted octanol–water partition coefficient (Wildman–Crippen LogP) is 0.719. The lowest BCUT2D eigenvalue weighted by molar-refractivity contribution is -0.00000683.